The molecule has 48 heavy (non-hydrogen) atoms. The highest BCUT2D eigenvalue weighted by Gasteiger charge is 2.40. The molecule has 0 aliphatic carbocycles. The lowest BCUT2D eigenvalue weighted by Gasteiger charge is -2.19. The molecule has 0 amide bonds. The number of fused-ring (bicyclic) bond motifs is 5. The van der Waals surface area contributed by atoms with Crippen LogP contribution in [0, 0.1) is 11.8 Å². The van der Waals surface area contributed by atoms with E-state index in [0.29, 0.717) is 63.8 Å². The highest BCUT2D eigenvalue weighted by atomic mass is 16.5. The van der Waals surface area contributed by atoms with E-state index in [9.17, 15) is 19.5 Å². The van der Waals surface area contributed by atoms with Gasteiger partial charge >= 0.3 is 17.9 Å². The molecule has 5 heterocycles. The summed E-state index contributed by atoms with van der Waals surface area (Å²) in [5.74, 6) is -1.95. The lowest BCUT2D eigenvalue weighted by atomic mass is 9.84. The molecular weight excluding hydrogens is 612 g/mol. The van der Waals surface area contributed by atoms with Crippen LogP contribution in [0.15, 0.2) is 120 Å². The quantitative estimate of drug-likeness (QED) is 0.192. The first-order chi connectivity index (χ1) is 23.0. The zero-order valence-electron chi connectivity index (χ0n) is 28.3. The zero-order valence-corrected chi connectivity index (χ0v) is 28.3. The van der Waals surface area contributed by atoms with Gasteiger partial charge in [0.2, 0.25) is 0 Å². The number of nitrogens with one attached hydrogen (secondary N) is 1. The first-order valence-corrected chi connectivity index (χ1v) is 15.8. The summed E-state index contributed by atoms with van der Waals surface area (Å²) in [6.07, 6.45) is 9.23. The second kappa shape index (κ2) is 13.8. The van der Waals surface area contributed by atoms with Crippen molar-refractivity contribution in [2.45, 2.75) is 53.4 Å². The third-order valence-electron chi connectivity index (χ3n) is 9.39. The minimum absolute atomic E-state index is 0.133. The molecule has 250 valence electrons. The number of carbonyl (C=O) groups excluding carboxylic acids is 3. The van der Waals surface area contributed by atoms with Crippen LogP contribution in [0.2, 0.25) is 0 Å². The Kier molecular flexibility index (Phi) is 9.79. The Hall–Kier alpha value is -5.32. The summed E-state index contributed by atoms with van der Waals surface area (Å²) in [5.41, 5.74) is 8.86. The maximum Gasteiger partial charge on any atom is 0.340 e. The van der Waals surface area contributed by atoms with E-state index in [1.165, 1.54) is 21.3 Å². The van der Waals surface area contributed by atoms with Crippen molar-refractivity contribution in [3.8, 4) is 0 Å². The number of ether oxygens (including phenoxy) is 3. The Morgan fingerprint density at radius 2 is 1.67 bits per heavy atom. The number of aliphatic hydroxyl groups excluding tert-OH is 1. The van der Waals surface area contributed by atoms with Gasteiger partial charge in [0.25, 0.3) is 0 Å². The van der Waals surface area contributed by atoms with Crippen molar-refractivity contribution in [2.24, 2.45) is 26.8 Å². The Balaban J connectivity index is 1.88. The maximum absolute atomic E-state index is 13.4. The van der Waals surface area contributed by atoms with Gasteiger partial charge in [0.15, 0.2) is 0 Å². The van der Waals surface area contributed by atoms with Gasteiger partial charge < -0.3 is 24.6 Å². The molecule has 0 aromatic carbocycles. The summed E-state index contributed by atoms with van der Waals surface area (Å²) in [6.45, 7) is 11.8. The predicted octanol–water partition coefficient (Wildman–Crippen LogP) is 5.74. The van der Waals surface area contributed by atoms with Gasteiger partial charge in [-0.3, -0.25) is 9.59 Å². The van der Waals surface area contributed by atoms with E-state index in [-0.39, 0.29) is 41.9 Å². The number of rotatable bonds is 8. The van der Waals surface area contributed by atoms with Gasteiger partial charge in [-0.05, 0) is 61.6 Å². The van der Waals surface area contributed by atoms with Gasteiger partial charge in [0, 0.05) is 46.4 Å². The van der Waals surface area contributed by atoms with Crippen molar-refractivity contribution >= 4 is 35.0 Å². The van der Waals surface area contributed by atoms with E-state index in [0.717, 1.165) is 28.7 Å². The molecule has 5 aliphatic heterocycles. The maximum atomic E-state index is 13.4. The van der Waals surface area contributed by atoms with E-state index in [2.05, 4.69) is 11.9 Å². The summed E-state index contributed by atoms with van der Waals surface area (Å²) in [5, 5.41) is 13.9. The number of aliphatic hydroxyl groups is 1. The average molecular weight is 653 g/mol. The Labute approximate surface area is 279 Å². The fraction of sp³-hybridized carbons (Fsp3) is 0.351. The molecule has 1 fully saturated rings. The highest BCUT2D eigenvalue weighted by molar-refractivity contribution is 6.30. The molecule has 0 unspecified atom stereocenters. The number of allylic oxidation sites excluding steroid dienone is 10. The average Bonchev–Trinajstić information content (AvgIpc) is 3.78. The van der Waals surface area contributed by atoms with Crippen molar-refractivity contribution in [1.82, 2.24) is 5.32 Å². The van der Waals surface area contributed by atoms with Gasteiger partial charge in [0.05, 0.1) is 73.8 Å². The number of carbonyl (C=O) groups is 3. The summed E-state index contributed by atoms with van der Waals surface area (Å²) in [6, 6.07) is 0. The number of methoxy groups -OCH3 is 3. The predicted molar refractivity (Wildman–Crippen MR) is 183 cm³/mol. The van der Waals surface area contributed by atoms with Crippen LogP contribution in [0.1, 0.15) is 53.4 Å². The fourth-order valence-electron chi connectivity index (χ4n) is 6.68. The minimum atomic E-state index is -0.617. The van der Waals surface area contributed by atoms with Gasteiger partial charge in [-0.1, -0.05) is 26.5 Å². The minimum Gasteiger partial charge on any atom is -0.515 e. The molecule has 0 radical (unpaired) electrons. The second-order valence-corrected chi connectivity index (χ2v) is 11.9. The molecule has 0 spiro atoms. The molecule has 11 heteroatoms. The highest BCUT2D eigenvalue weighted by Crippen LogP contribution is 2.43. The van der Waals surface area contributed by atoms with E-state index in [4.69, 9.17) is 29.2 Å². The van der Waals surface area contributed by atoms with Gasteiger partial charge in [-0.2, -0.15) is 0 Å². The van der Waals surface area contributed by atoms with Crippen LogP contribution in [0.3, 0.4) is 0 Å². The first kappa shape index (κ1) is 34.0. The van der Waals surface area contributed by atoms with E-state index >= 15 is 0 Å². The van der Waals surface area contributed by atoms with Gasteiger partial charge in [-0.15, -0.1) is 0 Å². The van der Waals surface area contributed by atoms with Crippen molar-refractivity contribution in [1.29, 1.82) is 0 Å². The number of hydrogen-bond acceptors (Lipinski definition) is 11. The Morgan fingerprint density at radius 3 is 2.29 bits per heavy atom. The third kappa shape index (κ3) is 5.96. The fourth-order valence-corrected chi connectivity index (χ4v) is 6.68. The van der Waals surface area contributed by atoms with Crippen LogP contribution in [0.25, 0.3) is 0 Å². The van der Waals surface area contributed by atoms with Crippen LogP contribution in [-0.4, -0.2) is 61.5 Å². The Morgan fingerprint density at radius 1 is 0.938 bits per heavy atom. The largest absolute Gasteiger partial charge is 0.515 e. The molecule has 8 bridgehead atoms. The van der Waals surface area contributed by atoms with Crippen molar-refractivity contribution in [2.75, 3.05) is 21.3 Å². The summed E-state index contributed by atoms with van der Waals surface area (Å²) in [4.78, 5) is 53.6. The number of aliphatic imine (C=N–C) groups is 3. The van der Waals surface area contributed by atoms with Crippen LogP contribution in [0.5, 0.6) is 0 Å². The molecule has 5 rings (SSSR count). The summed E-state index contributed by atoms with van der Waals surface area (Å²) in [7, 11) is 3.94. The molecule has 1 saturated heterocycles. The lowest BCUT2D eigenvalue weighted by molar-refractivity contribution is -0.141. The Bertz CT molecular complexity index is 1870. The molecule has 11 nitrogen and oxygen atoms in total. The van der Waals surface area contributed by atoms with Crippen molar-refractivity contribution in [3.05, 3.63) is 105 Å². The van der Waals surface area contributed by atoms with Crippen LogP contribution in [0.4, 0.5) is 0 Å². The smallest absolute Gasteiger partial charge is 0.340 e. The first-order valence-electron chi connectivity index (χ1n) is 15.8. The van der Waals surface area contributed by atoms with Crippen LogP contribution >= 0.6 is 0 Å². The molecular formula is C37H40N4O7. The molecule has 5 aliphatic rings. The molecule has 0 aromatic heterocycles. The monoisotopic (exact) mass is 652 g/mol. The van der Waals surface area contributed by atoms with Gasteiger partial charge in [0.1, 0.15) is 0 Å². The number of hydrogen-bond donors (Lipinski definition) is 2. The normalized spacial score (nSPS) is 22.6. The zero-order chi connectivity index (χ0) is 34.9. The van der Waals surface area contributed by atoms with Crippen LogP contribution < -0.4 is 5.32 Å². The number of nitrogens with zero attached hydrogens (tertiary/aromatic N) is 3. The molecule has 2 atom stereocenters. The second-order valence-electron chi connectivity index (χ2n) is 11.9. The number of esters is 3. The van der Waals surface area contributed by atoms with Crippen molar-refractivity contribution in [3.63, 3.8) is 0 Å². The summed E-state index contributed by atoms with van der Waals surface area (Å²) >= 11 is 0. The molecule has 0 aromatic rings. The topological polar surface area (TPSA) is 148 Å². The molecule has 0 saturated carbocycles. The lowest BCUT2D eigenvalue weighted by Crippen LogP contribution is -2.23. The summed E-state index contributed by atoms with van der Waals surface area (Å²) < 4.78 is 15.3. The molecule has 2 N–H and O–H groups in total. The standard InChI is InChI=1S/C37H40N4O7/c1-9-21-18(3)26-14-27-19(4)23(11-12-32(43)46-6)35(40-27)24(13-33(44)47-7)36-34(37(45)48-8)20(5)28(41-36)15-30-22(10-2)25(17-42)31(39-30)16-29(21)38-26/h9,14-17,19,23,40,42H,1,10-13H2,2-8H3/b25-17-,27-14?,28-15?,29-16?,35-24?/t19-,23-/m1/s1. The van der Waals surface area contributed by atoms with Gasteiger partial charge in [-0.25, -0.2) is 19.8 Å². The van der Waals surface area contributed by atoms with E-state index in [1.54, 1.807) is 19.1 Å². The van der Waals surface area contributed by atoms with Crippen molar-refractivity contribution < 1.29 is 33.7 Å². The van der Waals surface area contributed by atoms with Crippen LogP contribution in [-0.2, 0) is 28.6 Å². The third-order valence-corrected chi connectivity index (χ3v) is 9.39. The SMILES string of the molecule is C=CC1=C(C)C2=NC1=CC1=NC(=C(CC)/C1=C/O)C=C1N=C(C(CC(=O)OC)=C3NC(=C2)[C@H](C)[C@H]3CCC(=O)OC)C(C(=O)OC)=C1C. The van der Waals surface area contributed by atoms with E-state index in [1.807, 2.05) is 32.9 Å². The van der Waals surface area contributed by atoms with E-state index < -0.39 is 11.9 Å².